The summed E-state index contributed by atoms with van der Waals surface area (Å²) in [5.41, 5.74) is 5.30. The van der Waals surface area contributed by atoms with E-state index in [9.17, 15) is 0 Å². The number of rotatable bonds is 5. The Bertz CT molecular complexity index is 57.7. The van der Waals surface area contributed by atoms with E-state index in [0.29, 0.717) is 13.2 Å². The van der Waals surface area contributed by atoms with Gasteiger partial charge < -0.3 is 15.2 Å². The van der Waals surface area contributed by atoms with Gasteiger partial charge in [0.05, 0.1) is 12.7 Å². The lowest BCUT2D eigenvalue weighted by molar-refractivity contribution is 0.0250. The van der Waals surface area contributed by atoms with Crippen molar-refractivity contribution in [1.29, 1.82) is 0 Å². The van der Waals surface area contributed by atoms with Crippen molar-refractivity contribution in [3.05, 3.63) is 0 Å². The molecule has 1 unspecified atom stereocenters. The van der Waals surface area contributed by atoms with Crippen LogP contribution in [0.4, 0.5) is 0 Å². The molecule has 1 atom stereocenters. The van der Waals surface area contributed by atoms with Crippen LogP contribution in [0.5, 0.6) is 0 Å². The maximum absolute atomic E-state index is 5.30. The highest BCUT2D eigenvalue weighted by Gasteiger charge is 2.03. The van der Waals surface area contributed by atoms with Crippen molar-refractivity contribution in [2.45, 2.75) is 12.5 Å². The van der Waals surface area contributed by atoms with E-state index >= 15 is 0 Å². The van der Waals surface area contributed by atoms with Crippen LogP contribution in [0, 0.1) is 0 Å². The third-order valence-electron chi connectivity index (χ3n) is 1.17. The zero-order chi connectivity index (χ0) is 7.11. The minimum Gasteiger partial charge on any atom is -0.382 e. The highest BCUT2D eigenvalue weighted by Crippen LogP contribution is 1.94. The van der Waals surface area contributed by atoms with Crippen molar-refractivity contribution in [1.82, 2.24) is 0 Å². The van der Waals surface area contributed by atoms with Crippen LogP contribution in [-0.2, 0) is 9.47 Å². The van der Waals surface area contributed by atoms with E-state index in [1.54, 1.807) is 14.2 Å². The third-order valence-corrected chi connectivity index (χ3v) is 1.17. The molecule has 0 rings (SSSR count). The van der Waals surface area contributed by atoms with Crippen LogP contribution in [-0.4, -0.2) is 33.5 Å². The van der Waals surface area contributed by atoms with Crippen LogP contribution in [0.3, 0.4) is 0 Å². The van der Waals surface area contributed by atoms with Crippen molar-refractivity contribution in [2.24, 2.45) is 5.73 Å². The molecule has 0 aliphatic rings. The first-order valence-electron chi connectivity index (χ1n) is 3.07. The molecule has 0 bridgehead atoms. The SMILES string of the molecule is COCC(CCN)OC.Cl. The average Bonchev–Trinajstić information content (AvgIpc) is 1.88. The lowest BCUT2D eigenvalue weighted by Crippen LogP contribution is -2.20. The van der Waals surface area contributed by atoms with Gasteiger partial charge in [-0.1, -0.05) is 0 Å². The molecule has 0 aromatic heterocycles. The monoisotopic (exact) mass is 169 g/mol. The summed E-state index contributed by atoms with van der Waals surface area (Å²) in [5, 5.41) is 0. The molecule has 0 aliphatic carbocycles. The van der Waals surface area contributed by atoms with Crippen LogP contribution in [0.2, 0.25) is 0 Å². The van der Waals surface area contributed by atoms with E-state index in [1.165, 1.54) is 0 Å². The predicted octanol–water partition coefficient (Wildman–Crippen LogP) is 0.418. The number of hydrogen-bond donors (Lipinski definition) is 1. The molecule has 0 aromatic carbocycles. The van der Waals surface area contributed by atoms with E-state index in [2.05, 4.69) is 0 Å². The molecule has 2 N–H and O–H groups in total. The van der Waals surface area contributed by atoms with Crippen LogP contribution >= 0.6 is 12.4 Å². The smallest absolute Gasteiger partial charge is 0.0816 e. The highest BCUT2D eigenvalue weighted by atomic mass is 35.5. The van der Waals surface area contributed by atoms with Gasteiger partial charge in [0, 0.05) is 14.2 Å². The second-order valence-electron chi connectivity index (χ2n) is 1.89. The van der Waals surface area contributed by atoms with Crippen LogP contribution in [0.1, 0.15) is 6.42 Å². The van der Waals surface area contributed by atoms with Crippen LogP contribution in [0.15, 0.2) is 0 Å². The highest BCUT2D eigenvalue weighted by molar-refractivity contribution is 5.85. The summed E-state index contributed by atoms with van der Waals surface area (Å²) >= 11 is 0. The van der Waals surface area contributed by atoms with Gasteiger partial charge in [0.25, 0.3) is 0 Å². The number of halogens is 1. The van der Waals surface area contributed by atoms with Crippen molar-refractivity contribution in [3.8, 4) is 0 Å². The summed E-state index contributed by atoms with van der Waals surface area (Å²) in [6.45, 7) is 1.29. The van der Waals surface area contributed by atoms with E-state index in [-0.39, 0.29) is 18.5 Å². The van der Waals surface area contributed by atoms with E-state index in [0.717, 1.165) is 6.42 Å². The summed E-state index contributed by atoms with van der Waals surface area (Å²) in [6.07, 6.45) is 1.03. The van der Waals surface area contributed by atoms with Crippen LogP contribution < -0.4 is 5.73 Å². The molecule has 0 radical (unpaired) electrons. The molecule has 0 fully saturated rings. The minimum absolute atomic E-state index is 0. The zero-order valence-corrected chi connectivity index (χ0v) is 7.32. The van der Waals surface area contributed by atoms with Gasteiger partial charge in [0.2, 0.25) is 0 Å². The number of hydrogen-bond acceptors (Lipinski definition) is 3. The van der Waals surface area contributed by atoms with Crippen molar-refractivity contribution < 1.29 is 9.47 Å². The predicted molar refractivity (Wildman–Crippen MR) is 43.6 cm³/mol. The van der Waals surface area contributed by atoms with Gasteiger partial charge in [-0.05, 0) is 13.0 Å². The lowest BCUT2D eigenvalue weighted by atomic mass is 10.3. The molecule has 0 saturated carbocycles. The quantitative estimate of drug-likeness (QED) is 0.649. The molecule has 0 aromatic rings. The van der Waals surface area contributed by atoms with Gasteiger partial charge in [0.15, 0.2) is 0 Å². The Labute approximate surface area is 68.3 Å². The molecule has 0 saturated heterocycles. The molecule has 0 spiro atoms. The van der Waals surface area contributed by atoms with Gasteiger partial charge in [-0.3, -0.25) is 0 Å². The second kappa shape index (κ2) is 9.17. The van der Waals surface area contributed by atoms with Gasteiger partial charge >= 0.3 is 0 Å². The molecule has 0 amide bonds. The van der Waals surface area contributed by atoms with Gasteiger partial charge in [-0.25, -0.2) is 0 Å². The Morgan fingerprint density at radius 2 is 2.00 bits per heavy atom. The fourth-order valence-corrected chi connectivity index (χ4v) is 0.641. The van der Waals surface area contributed by atoms with Gasteiger partial charge in [-0.2, -0.15) is 0 Å². The minimum atomic E-state index is 0. The van der Waals surface area contributed by atoms with Gasteiger partial charge in [-0.15, -0.1) is 12.4 Å². The summed E-state index contributed by atoms with van der Waals surface area (Å²) in [5.74, 6) is 0. The molecule has 10 heavy (non-hydrogen) atoms. The van der Waals surface area contributed by atoms with Crippen molar-refractivity contribution >= 4 is 12.4 Å². The molecular formula is C6H16ClNO2. The summed E-state index contributed by atoms with van der Waals surface area (Å²) in [7, 11) is 3.32. The first-order valence-corrected chi connectivity index (χ1v) is 3.07. The number of methoxy groups -OCH3 is 2. The fourth-order valence-electron chi connectivity index (χ4n) is 0.641. The summed E-state index contributed by atoms with van der Waals surface area (Å²) in [6, 6.07) is 0. The third kappa shape index (κ3) is 6.29. The molecule has 3 nitrogen and oxygen atoms in total. The maximum Gasteiger partial charge on any atom is 0.0816 e. The maximum atomic E-state index is 5.30. The first-order chi connectivity index (χ1) is 4.35. The average molecular weight is 170 g/mol. The number of ether oxygens (including phenoxy) is 2. The molecule has 0 heterocycles. The zero-order valence-electron chi connectivity index (χ0n) is 6.50. The lowest BCUT2D eigenvalue weighted by Gasteiger charge is -2.11. The van der Waals surface area contributed by atoms with Crippen LogP contribution in [0.25, 0.3) is 0 Å². The Kier molecular flexibility index (Phi) is 11.7. The van der Waals surface area contributed by atoms with E-state index in [1.807, 2.05) is 0 Å². The van der Waals surface area contributed by atoms with Crippen molar-refractivity contribution in [2.75, 3.05) is 27.4 Å². The normalized spacial score (nSPS) is 12.3. The van der Waals surface area contributed by atoms with Crippen molar-refractivity contribution in [3.63, 3.8) is 0 Å². The number of nitrogens with two attached hydrogens (primary N) is 1. The Morgan fingerprint density at radius 3 is 2.30 bits per heavy atom. The molecule has 64 valence electrons. The largest absolute Gasteiger partial charge is 0.382 e. The molecule has 0 aliphatic heterocycles. The Hall–Kier alpha value is 0.170. The topological polar surface area (TPSA) is 44.5 Å². The Balaban J connectivity index is 0. The van der Waals surface area contributed by atoms with E-state index < -0.39 is 0 Å². The second-order valence-corrected chi connectivity index (χ2v) is 1.89. The Morgan fingerprint density at radius 1 is 1.40 bits per heavy atom. The summed E-state index contributed by atoms with van der Waals surface area (Å²) < 4.78 is 9.89. The first kappa shape index (κ1) is 12.8. The molecular weight excluding hydrogens is 154 g/mol. The molecule has 4 heteroatoms. The fraction of sp³-hybridized carbons (Fsp3) is 1.00. The standard InChI is InChI=1S/C6H15NO2.ClH/c1-8-5-6(9-2)3-4-7;/h6H,3-5,7H2,1-2H3;1H. The summed E-state index contributed by atoms with van der Waals surface area (Å²) in [4.78, 5) is 0. The van der Waals surface area contributed by atoms with Gasteiger partial charge in [0.1, 0.15) is 0 Å². The van der Waals surface area contributed by atoms with E-state index in [4.69, 9.17) is 15.2 Å².